The Hall–Kier alpha value is -1.07. The van der Waals surface area contributed by atoms with Crippen LogP contribution in [0.4, 0.5) is 5.69 Å². The van der Waals surface area contributed by atoms with Gasteiger partial charge in [-0.2, -0.15) is 4.31 Å². The van der Waals surface area contributed by atoms with Gasteiger partial charge in [-0.25, -0.2) is 8.42 Å². The monoisotopic (exact) mass is 280 g/mol. The first-order valence-electron chi connectivity index (χ1n) is 6.91. The van der Waals surface area contributed by atoms with Crippen LogP contribution in [0.2, 0.25) is 0 Å². The van der Waals surface area contributed by atoms with Crippen molar-refractivity contribution in [2.75, 3.05) is 18.8 Å². The normalized spacial score (nSPS) is 28.2. The Labute approximate surface area is 114 Å². The molecule has 0 atom stereocenters. The van der Waals surface area contributed by atoms with Crippen molar-refractivity contribution < 1.29 is 8.42 Å². The van der Waals surface area contributed by atoms with E-state index in [0.29, 0.717) is 35.5 Å². The number of rotatable bonds is 2. The van der Waals surface area contributed by atoms with Crippen molar-refractivity contribution in [3.05, 3.63) is 24.3 Å². The SMILES string of the molecule is Nc1ccc(S(=O)(=O)N2CC3CCC(CC3)C2)cc1. The van der Waals surface area contributed by atoms with Gasteiger partial charge in [-0.3, -0.25) is 0 Å². The van der Waals surface area contributed by atoms with Crippen LogP contribution in [-0.2, 0) is 10.0 Å². The van der Waals surface area contributed by atoms with E-state index >= 15 is 0 Å². The summed E-state index contributed by atoms with van der Waals surface area (Å²) in [6.07, 6.45) is 4.72. The van der Waals surface area contributed by atoms with E-state index in [4.69, 9.17) is 5.73 Å². The number of fused-ring (bicyclic) bond motifs is 4. The zero-order chi connectivity index (χ0) is 13.5. The fraction of sp³-hybridized carbons (Fsp3) is 0.571. The van der Waals surface area contributed by atoms with E-state index in [1.807, 2.05) is 0 Å². The zero-order valence-electron chi connectivity index (χ0n) is 11.0. The maximum Gasteiger partial charge on any atom is 0.243 e. The summed E-state index contributed by atoms with van der Waals surface area (Å²) in [6.45, 7) is 1.37. The summed E-state index contributed by atoms with van der Waals surface area (Å²) >= 11 is 0. The van der Waals surface area contributed by atoms with E-state index in [2.05, 4.69) is 0 Å². The highest BCUT2D eigenvalue weighted by Crippen LogP contribution is 2.35. The largest absolute Gasteiger partial charge is 0.399 e. The summed E-state index contributed by atoms with van der Waals surface area (Å²) in [5, 5.41) is 0. The van der Waals surface area contributed by atoms with E-state index in [1.54, 1.807) is 28.6 Å². The molecule has 5 heteroatoms. The second-order valence-electron chi connectivity index (χ2n) is 5.78. The summed E-state index contributed by atoms with van der Waals surface area (Å²) in [6, 6.07) is 6.52. The van der Waals surface area contributed by atoms with Gasteiger partial charge in [-0.15, -0.1) is 0 Å². The maximum atomic E-state index is 12.7. The van der Waals surface area contributed by atoms with Crippen LogP contribution in [0.1, 0.15) is 25.7 Å². The van der Waals surface area contributed by atoms with Crippen molar-refractivity contribution in [3.8, 4) is 0 Å². The molecule has 2 aliphatic heterocycles. The van der Waals surface area contributed by atoms with Gasteiger partial charge in [0.1, 0.15) is 0 Å². The number of hydrogen-bond acceptors (Lipinski definition) is 3. The Kier molecular flexibility index (Phi) is 3.27. The maximum absolute atomic E-state index is 12.7. The quantitative estimate of drug-likeness (QED) is 0.844. The molecule has 3 aliphatic rings. The molecule has 3 fully saturated rings. The Balaban J connectivity index is 1.89. The van der Waals surface area contributed by atoms with Crippen LogP contribution < -0.4 is 5.73 Å². The lowest BCUT2D eigenvalue weighted by Crippen LogP contribution is -2.34. The molecule has 0 aromatic heterocycles. The van der Waals surface area contributed by atoms with Crippen molar-refractivity contribution in [1.82, 2.24) is 4.31 Å². The predicted molar refractivity (Wildman–Crippen MR) is 75.1 cm³/mol. The standard InChI is InChI=1S/C14H20N2O2S/c15-13-5-7-14(8-6-13)19(17,18)16-9-11-1-2-12(10-16)4-3-11/h5-8,11-12H,1-4,9-10,15H2. The van der Waals surface area contributed by atoms with E-state index in [9.17, 15) is 8.42 Å². The number of hydrogen-bond donors (Lipinski definition) is 1. The van der Waals surface area contributed by atoms with Gasteiger partial charge in [0, 0.05) is 18.8 Å². The first-order chi connectivity index (χ1) is 9.05. The molecule has 0 unspecified atom stereocenters. The van der Waals surface area contributed by atoms with Gasteiger partial charge in [0.2, 0.25) is 10.0 Å². The van der Waals surface area contributed by atoms with Crippen molar-refractivity contribution in [2.24, 2.45) is 11.8 Å². The fourth-order valence-electron chi connectivity index (χ4n) is 3.23. The average Bonchev–Trinajstić information content (AvgIpc) is 2.73. The van der Waals surface area contributed by atoms with Crippen LogP contribution in [0.3, 0.4) is 0 Å². The molecule has 0 spiro atoms. The molecular formula is C14H20N2O2S. The van der Waals surface area contributed by atoms with Crippen molar-refractivity contribution in [2.45, 2.75) is 30.6 Å². The highest BCUT2D eigenvalue weighted by molar-refractivity contribution is 7.89. The van der Waals surface area contributed by atoms with Gasteiger partial charge < -0.3 is 5.73 Å². The lowest BCUT2D eigenvalue weighted by atomic mass is 9.84. The van der Waals surface area contributed by atoms with Crippen LogP contribution in [-0.4, -0.2) is 25.8 Å². The molecule has 4 rings (SSSR count). The topological polar surface area (TPSA) is 63.4 Å². The van der Waals surface area contributed by atoms with Gasteiger partial charge in [0.25, 0.3) is 0 Å². The van der Waals surface area contributed by atoms with E-state index in [0.717, 1.165) is 0 Å². The van der Waals surface area contributed by atoms with Crippen molar-refractivity contribution >= 4 is 15.7 Å². The van der Waals surface area contributed by atoms with E-state index < -0.39 is 10.0 Å². The minimum atomic E-state index is -3.35. The summed E-state index contributed by atoms with van der Waals surface area (Å²) in [4.78, 5) is 0.364. The first-order valence-corrected chi connectivity index (χ1v) is 8.35. The lowest BCUT2D eigenvalue weighted by molar-refractivity contribution is 0.326. The van der Waals surface area contributed by atoms with E-state index in [1.165, 1.54) is 25.7 Å². The van der Waals surface area contributed by atoms with Crippen LogP contribution in [0, 0.1) is 11.8 Å². The molecule has 104 valence electrons. The van der Waals surface area contributed by atoms with Gasteiger partial charge in [-0.1, -0.05) is 0 Å². The molecular weight excluding hydrogens is 260 g/mol. The van der Waals surface area contributed by atoms with Crippen molar-refractivity contribution in [3.63, 3.8) is 0 Å². The smallest absolute Gasteiger partial charge is 0.243 e. The third kappa shape index (κ3) is 2.49. The highest BCUT2D eigenvalue weighted by Gasteiger charge is 2.35. The molecule has 1 aromatic carbocycles. The van der Waals surface area contributed by atoms with Gasteiger partial charge in [-0.05, 0) is 61.8 Å². The predicted octanol–water partition coefficient (Wildman–Crippen LogP) is 2.08. The molecule has 2 heterocycles. The highest BCUT2D eigenvalue weighted by atomic mass is 32.2. The Bertz CT molecular complexity index is 531. The lowest BCUT2D eigenvalue weighted by Gasteiger charge is -2.22. The number of nitrogen functional groups attached to an aromatic ring is 1. The molecule has 1 saturated carbocycles. The molecule has 1 aliphatic carbocycles. The van der Waals surface area contributed by atoms with Gasteiger partial charge in [0.05, 0.1) is 4.90 Å². The third-order valence-corrected chi connectivity index (χ3v) is 6.25. The minimum Gasteiger partial charge on any atom is -0.399 e. The zero-order valence-corrected chi connectivity index (χ0v) is 11.8. The molecule has 0 amide bonds. The number of nitrogens with two attached hydrogens (primary N) is 1. The number of anilines is 1. The summed E-state index contributed by atoms with van der Waals surface area (Å²) in [7, 11) is -3.35. The fourth-order valence-corrected chi connectivity index (χ4v) is 4.82. The van der Waals surface area contributed by atoms with Crippen LogP contribution in [0.5, 0.6) is 0 Å². The molecule has 2 N–H and O–H groups in total. The third-order valence-electron chi connectivity index (χ3n) is 4.41. The first kappa shape index (κ1) is 12.9. The molecule has 2 saturated heterocycles. The Morgan fingerprint density at radius 1 is 0.947 bits per heavy atom. The summed E-state index contributed by atoms with van der Waals surface area (Å²) in [5.41, 5.74) is 6.21. The average molecular weight is 280 g/mol. The number of benzene rings is 1. The Morgan fingerprint density at radius 2 is 1.42 bits per heavy atom. The number of nitrogens with zero attached hydrogens (tertiary/aromatic N) is 1. The Morgan fingerprint density at radius 3 is 1.89 bits per heavy atom. The van der Waals surface area contributed by atoms with Crippen LogP contribution >= 0.6 is 0 Å². The second kappa shape index (κ2) is 4.80. The van der Waals surface area contributed by atoms with Gasteiger partial charge >= 0.3 is 0 Å². The molecule has 4 nitrogen and oxygen atoms in total. The van der Waals surface area contributed by atoms with Crippen molar-refractivity contribution in [1.29, 1.82) is 0 Å². The van der Waals surface area contributed by atoms with Crippen LogP contribution in [0.25, 0.3) is 0 Å². The van der Waals surface area contributed by atoms with E-state index in [-0.39, 0.29) is 0 Å². The molecule has 0 radical (unpaired) electrons. The van der Waals surface area contributed by atoms with Crippen LogP contribution in [0.15, 0.2) is 29.2 Å². The second-order valence-corrected chi connectivity index (χ2v) is 7.72. The minimum absolute atomic E-state index is 0.364. The van der Waals surface area contributed by atoms with Gasteiger partial charge in [0.15, 0.2) is 0 Å². The molecule has 19 heavy (non-hydrogen) atoms. The molecule has 2 bridgehead atoms. The summed E-state index contributed by atoms with van der Waals surface area (Å²) in [5.74, 6) is 1.09. The molecule has 1 aromatic rings. The summed E-state index contributed by atoms with van der Waals surface area (Å²) < 4.78 is 27.0. The number of sulfonamides is 1.